The zero-order valence-electron chi connectivity index (χ0n) is 17.7. The highest BCUT2D eigenvalue weighted by Gasteiger charge is 2.40. The van der Waals surface area contributed by atoms with Gasteiger partial charge in [0.25, 0.3) is 0 Å². The van der Waals surface area contributed by atoms with E-state index in [1.807, 2.05) is 65.2 Å². The molecule has 7 heteroatoms. The second-order valence-corrected chi connectivity index (χ2v) is 9.19. The van der Waals surface area contributed by atoms with E-state index in [-0.39, 0.29) is 17.5 Å². The van der Waals surface area contributed by atoms with Gasteiger partial charge in [-0.3, -0.25) is 14.2 Å². The Balaban J connectivity index is 1.45. The quantitative estimate of drug-likeness (QED) is 0.291. The largest absolute Gasteiger partial charge is 0.295 e. The van der Waals surface area contributed by atoms with Gasteiger partial charge >= 0.3 is 0 Å². The normalized spacial score (nSPS) is 13.7. The second kappa shape index (κ2) is 7.81. The molecule has 4 nitrogen and oxygen atoms in total. The summed E-state index contributed by atoms with van der Waals surface area (Å²) >= 11 is 1.53. The average Bonchev–Trinajstić information content (AvgIpc) is 3.47. The van der Waals surface area contributed by atoms with E-state index in [1.165, 1.54) is 11.3 Å². The molecule has 0 spiro atoms. The number of thiophene rings is 1. The molecule has 0 fully saturated rings. The lowest BCUT2D eigenvalue weighted by Crippen LogP contribution is -2.20. The Labute approximate surface area is 197 Å². The number of Topliss-reactive ketones (excluding diaryl/α,β-unsaturated/α-hetero) is 2. The maximum Gasteiger partial charge on any atom is 0.174 e. The van der Waals surface area contributed by atoms with Gasteiger partial charge in [-0.05, 0) is 35.9 Å². The zero-order chi connectivity index (χ0) is 23.4. The number of hydrogen-bond donors (Lipinski definition) is 0. The van der Waals surface area contributed by atoms with Crippen molar-refractivity contribution >= 4 is 33.3 Å². The number of fused-ring (bicyclic) bond motifs is 2. The lowest BCUT2D eigenvalue weighted by molar-refractivity contribution is 0.0836. The van der Waals surface area contributed by atoms with Crippen molar-refractivity contribution < 1.29 is 18.4 Å². The average molecular weight is 471 g/mol. The number of nitrogens with zero attached hydrogens (tertiary/aromatic N) is 2. The topological polar surface area (TPSA) is 52.0 Å². The van der Waals surface area contributed by atoms with Crippen LogP contribution in [0.2, 0.25) is 0 Å². The van der Waals surface area contributed by atoms with Crippen molar-refractivity contribution in [1.82, 2.24) is 9.55 Å². The lowest BCUT2D eigenvalue weighted by Gasteiger charge is -2.11. The molecule has 3 aromatic carbocycles. The summed E-state index contributed by atoms with van der Waals surface area (Å²) in [6.45, 7) is 0. The van der Waals surface area contributed by atoms with E-state index in [0.717, 1.165) is 38.6 Å². The van der Waals surface area contributed by atoms with E-state index in [9.17, 15) is 18.4 Å². The second-order valence-electron chi connectivity index (χ2n) is 8.16. The summed E-state index contributed by atoms with van der Waals surface area (Å²) in [6.07, 6.45) is 0.0343. The summed E-state index contributed by atoms with van der Waals surface area (Å²) in [5.74, 6) is -3.80. The Morgan fingerprint density at radius 3 is 2.03 bits per heavy atom. The molecule has 1 aliphatic rings. The molecule has 1 aliphatic carbocycles. The molecule has 0 saturated carbocycles. The van der Waals surface area contributed by atoms with E-state index in [2.05, 4.69) is 6.07 Å². The van der Waals surface area contributed by atoms with Crippen molar-refractivity contribution in [2.45, 2.75) is 6.42 Å². The molecule has 0 bridgehead atoms. The van der Waals surface area contributed by atoms with Crippen molar-refractivity contribution in [1.29, 1.82) is 0 Å². The smallest absolute Gasteiger partial charge is 0.174 e. The van der Waals surface area contributed by atoms with Gasteiger partial charge in [-0.15, -0.1) is 11.3 Å². The van der Waals surface area contributed by atoms with E-state index < -0.39 is 29.1 Å². The first kappa shape index (κ1) is 20.6. The van der Waals surface area contributed by atoms with Crippen LogP contribution in [0.15, 0.2) is 78.9 Å². The fraction of sp³-hybridized carbons (Fsp3) is 0.0741. The van der Waals surface area contributed by atoms with Gasteiger partial charge in [0, 0.05) is 28.1 Å². The van der Waals surface area contributed by atoms with Crippen LogP contribution >= 0.6 is 11.3 Å². The fourth-order valence-electron chi connectivity index (χ4n) is 4.48. The van der Waals surface area contributed by atoms with Gasteiger partial charge in [-0.1, -0.05) is 48.5 Å². The summed E-state index contributed by atoms with van der Waals surface area (Å²) in [4.78, 5) is 32.6. The number of rotatable bonds is 4. The van der Waals surface area contributed by atoms with Crippen LogP contribution in [-0.4, -0.2) is 21.1 Å². The number of imidazole rings is 1. The summed E-state index contributed by atoms with van der Waals surface area (Å²) in [5.41, 5.74) is 2.66. The van der Waals surface area contributed by atoms with E-state index in [0.29, 0.717) is 5.82 Å². The number of benzene rings is 3. The Hall–Kier alpha value is -3.97. The van der Waals surface area contributed by atoms with Crippen LogP contribution in [0.25, 0.3) is 26.5 Å². The SMILES string of the molecule is O=C1c2cc(F)c(F)cc2C(=O)C1Cc1nc2sc(-c3ccccc3)cc2n1-c1ccccc1. The van der Waals surface area contributed by atoms with Crippen molar-refractivity contribution in [3.63, 3.8) is 0 Å². The standard InChI is InChI=1S/C27H16F2N2O2S/c28-20-11-17-18(12-21(20)29)26(33)19(25(17)32)13-24-30-27-22(31(24)16-9-5-2-6-10-16)14-23(34-27)15-7-3-1-4-8-15/h1-12,14,19H,13H2. The molecule has 34 heavy (non-hydrogen) atoms. The molecular formula is C27H16F2N2O2S. The molecule has 0 atom stereocenters. The molecule has 6 rings (SSSR count). The van der Waals surface area contributed by atoms with Crippen LogP contribution < -0.4 is 0 Å². The van der Waals surface area contributed by atoms with Gasteiger partial charge in [0.2, 0.25) is 0 Å². The van der Waals surface area contributed by atoms with Crippen LogP contribution in [0.5, 0.6) is 0 Å². The van der Waals surface area contributed by atoms with Gasteiger partial charge in [0.05, 0.1) is 11.4 Å². The van der Waals surface area contributed by atoms with Crippen LogP contribution in [0.4, 0.5) is 8.78 Å². The van der Waals surface area contributed by atoms with Gasteiger partial charge < -0.3 is 0 Å². The first-order valence-electron chi connectivity index (χ1n) is 10.7. The van der Waals surface area contributed by atoms with Gasteiger partial charge in [-0.2, -0.15) is 0 Å². The monoisotopic (exact) mass is 470 g/mol. The minimum atomic E-state index is -1.14. The van der Waals surface area contributed by atoms with Crippen LogP contribution in [-0.2, 0) is 6.42 Å². The summed E-state index contributed by atoms with van der Waals surface area (Å²) < 4.78 is 29.4. The van der Waals surface area contributed by atoms with Crippen LogP contribution in [0, 0.1) is 17.6 Å². The maximum absolute atomic E-state index is 13.7. The highest BCUT2D eigenvalue weighted by molar-refractivity contribution is 7.21. The molecule has 0 radical (unpaired) electrons. The Morgan fingerprint density at radius 2 is 1.41 bits per heavy atom. The van der Waals surface area contributed by atoms with Crippen molar-refractivity contribution in [2.75, 3.05) is 0 Å². The first-order chi connectivity index (χ1) is 16.5. The minimum absolute atomic E-state index is 0.0343. The van der Waals surface area contributed by atoms with E-state index >= 15 is 0 Å². The molecule has 166 valence electrons. The highest BCUT2D eigenvalue weighted by atomic mass is 32.1. The zero-order valence-corrected chi connectivity index (χ0v) is 18.5. The lowest BCUT2D eigenvalue weighted by atomic mass is 9.99. The minimum Gasteiger partial charge on any atom is -0.295 e. The third-order valence-corrected chi connectivity index (χ3v) is 7.17. The molecule has 2 aromatic heterocycles. The predicted octanol–water partition coefficient (Wildman–Crippen LogP) is 6.27. The Kier molecular flexibility index (Phi) is 4.74. The number of para-hydroxylation sites is 1. The van der Waals surface area contributed by atoms with Gasteiger partial charge in [-0.25, -0.2) is 13.8 Å². The van der Waals surface area contributed by atoms with E-state index in [1.54, 1.807) is 0 Å². The summed E-state index contributed by atoms with van der Waals surface area (Å²) in [7, 11) is 0. The number of halogens is 2. The van der Waals surface area contributed by atoms with Crippen molar-refractivity contribution in [3.8, 4) is 16.1 Å². The molecule has 0 aliphatic heterocycles. The number of ketones is 2. The van der Waals surface area contributed by atoms with Crippen molar-refractivity contribution in [3.05, 3.63) is 107 Å². The number of carbonyl (C=O) groups is 2. The molecular weight excluding hydrogens is 454 g/mol. The van der Waals surface area contributed by atoms with Gasteiger partial charge in [0.1, 0.15) is 10.7 Å². The summed E-state index contributed by atoms with van der Waals surface area (Å²) in [6, 6.07) is 23.3. The highest BCUT2D eigenvalue weighted by Crippen LogP contribution is 2.37. The van der Waals surface area contributed by atoms with Crippen molar-refractivity contribution in [2.24, 2.45) is 5.92 Å². The molecule has 0 amide bonds. The van der Waals surface area contributed by atoms with Crippen LogP contribution in [0.3, 0.4) is 0 Å². The summed E-state index contributed by atoms with van der Waals surface area (Å²) in [5, 5.41) is 0. The number of carbonyl (C=O) groups excluding carboxylic acids is 2. The molecule has 2 heterocycles. The van der Waals surface area contributed by atoms with Gasteiger partial charge in [0.15, 0.2) is 23.2 Å². The number of hydrogen-bond acceptors (Lipinski definition) is 4. The molecule has 0 unspecified atom stereocenters. The Morgan fingerprint density at radius 1 is 0.824 bits per heavy atom. The fourth-order valence-corrected chi connectivity index (χ4v) is 5.52. The Bertz CT molecular complexity index is 1550. The predicted molar refractivity (Wildman–Crippen MR) is 127 cm³/mol. The molecule has 0 saturated heterocycles. The molecule has 5 aromatic rings. The third kappa shape index (κ3) is 3.20. The molecule has 0 N–H and O–H groups in total. The van der Waals surface area contributed by atoms with E-state index in [4.69, 9.17) is 4.98 Å². The van der Waals surface area contributed by atoms with Crippen LogP contribution in [0.1, 0.15) is 26.5 Å². The maximum atomic E-state index is 13.7. The number of aromatic nitrogens is 2. The first-order valence-corrected chi connectivity index (χ1v) is 11.5. The third-order valence-electron chi connectivity index (χ3n) is 6.11.